The van der Waals surface area contributed by atoms with Gasteiger partial charge < -0.3 is 9.64 Å². The number of rotatable bonds is 4. The van der Waals surface area contributed by atoms with E-state index in [4.69, 9.17) is 5.26 Å². The van der Waals surface area contributed by atoms with Gasteiger partial charge in [0.05, 0.1) is 6.07 Å². The quantitative estimate of drug-likeness (QED) is 0.755. The van der Waals surface area contributed by atoms with Crippen LogP contribution in [0.4, 0.5) is 8.78 Å². The Morgan fingerprint density at radius 1 is 1.59 bits per heavy atom. The van der Waals surface area contributed by atoms with E-state index in [1.165, 1.54) is 36.2 Å². The van der Waals surface area contributed by atoms with E-state index in [1.54, 1.807) is 0 Å². The maximum Gasteiger partial charge on any atom is 0.387 e. The number of halogens is 2. The Morgan fingerprint density at radius 3 is 2.88 bits per heavy atom. The molecule has 1 aromatic rings. The molecular formula is C11H10F2N2O2. The molecule has 0 N–H and O–H groups in total. The minimum atomic E-state index is -2.93. The largest absolute Gasteiger partial charge is 0.435 e. The predicted octanol–water partition coefficient (Wildman–Crippen LogP) is 1.88. The first-order chi connectivity index (χ1) is 8.04. The average Bonchev–Trinajstić information content (AvgIpc) is 2.28. The maximum absolute atomic E-state index is 12.0. The topological polar surface area (TPSA) is 53.3 Å². The number of hydrogen-bond donors (Lipinski definition) is 0. The minimum absolute atomic E-state index is 0.0707. The third-order valence-corrected chi connectivity index (χ3v) is 1.96. The van der Waals surface area contributed by atoms with Crippen molar-refractivity contribution in [3.8, 4) is 11.8 Å². The van der Waals surface area contributed by atoms with Gasteiger partial charge in [0.1, 0.15) is 12.3 Å². The van der Waals surface area contributed by atoms with Gasteiger partial charge in [-0.25, -0.2) is 0 Å². The molecule has 17 heavy (non-hydrogen) atoms. The van der Waals surface area contributed by atoms with E-state index in [9.17, 15) is 13.6 Å². The molecule has 0 unspecified atom stereocenters. The molecule has 1 aromatic carbocycles. The molecular weight excluding hydrogens is 230 g/mol. The lowest BCUT2D eigenvalue weighted by atomic mass is 10.2. The Balaban J connectivity index is 2.84. The van der Waals surface area contributed by atoms with Gasteiger partial charge in [-0.3, -0.25) is 4.79 Å². The summed E-state index contributed by atoms with van der Waals surface area (Å²) in [6, 6.07) is 7.26. The summed E-state index contributed by atoms with van der Waals surface area (Å²) < 4.78 is 28.1. The molecule has 0 fully saturated rings. The lowest BCUT2D eigenvalue weighted by Crippen LogP contribution is -2.26. The molecule has 0 aliphatic rings. The van der Waals surface area contributed by atoms with Crippen molar-refractivity contribution in [3.63, 3.8) is 0 Å². The maximum atomic E-state index is 12.0. The molecule has 0 saturated carbocycles. The fourth-order valence-electron chi connectivity index (χ4n) is 1.20. The monoisotopic (exact) mass is 240 g/mol. The van der Waals surface area contributed by atoms with Crippen LogP contribution in [-0.2, 0) is 0 Å². The Morgan fingerprint density at radius 2 is 2.29 bits per heavy atom. The van der Waals surface area contributed by atoms with Crippen molar-refractivity contribution in [2.45, 2.75) is 6.61 Å². The van der Waals surface area contributed by atoms with Crippen LogP contribution in [0.15, 0.2) is 24.3 Å². The van der Waals surface area contributed by atoms with Gasteiger partial charge >= 0.3 is 6.61 Å². The Labute approximate surface area is 97.0 Å². The molecule has 0 saturated heterocycles. The highest BCUT2D eigenvalue weighted by Gasteiger charge is 2.13. The molecule has 0 spiro atoms. The van der Waals surface area contributed by atoms with E-state index < -0.39 is 12.5 Å². The van der Waals surface area contributed by atoms with Gasteiger partial charge in [0.15, 0.2) is 0 Å². The molecule has 0 radical (unpaired) electrons. The number of carbonyl (C=O) groups is 1. The molecule has 0 aliphatic carbocycles. The van der Waals surface area contributed by atoms with Crippen molar-refractivity contribution in [1.29, 1.82) is 5.26 Å². The van der Waals surface area contributed by atoms with E-state index in [0.29, 0.717) is 0 Å². The minimum Gasteiger partial charge on any atom is -0.435 e. The molecule has 0 aromatic heterocycles. The highest BCUT2D eigenvalue weighted by molar-refractivity contribution is 5.94. The number of nitriles is 1. The summed E-state index contributed by atoms with van der Waals surface area (Å²) in [4.78, 5) is 12.9. The number of benzene rings is 1. The SMILES string of the molecule is CN(CC#N)C(=O)c1cccc(OC(F)F)c1. The van der Waals surface area contributed by atoms with Crippen LogP contribution in [0, 0.1) is 11.3 Å². The molecule has 0 atom stereocenters. The van der Waals surface area contributed by atoms with Gasteiger partial charge in [0.2, 0.25) is 0 Å². The van der Waals surface area contributed by atoms with Gasteiger partial charge in [-0.2, -0.15) is 14.0 Å². The fourth-order valence-corrected chi connectivity index (χ4v) is 1.20. The number of nitrogens with zero attached hydrogens (tertiary/aromatic N) is 2. The second-order valence-corrected chi connectivity index (χ2v) is 3.23. The third kappa shape index (κ3) is 3.72. The Bertz CT molecular complexity index is 443. The first kappa shape index (κ1) is 12.9. The lowest BCUT2D eigenvalue weighted by Gasteiger charge is -2.13. The van der Waals surface area contributed by atoms with Crippen LogP contribution in [-0.4, -0.2) is 31.0 Å². The normalized spacial score (nSPS) is 9.82. The zero-order valence-electron chi connectivity index (χ0n) is 9.06. The summed E-state index contributed by atoms with van der Waals surface area (Å²) in [6.07, 6.45) is 0. The average molecular weight is 240 g/mol. The Hall–Kier alpha value is -2.16. The summed E-state index contributed by atoms with van der Waals surface area (Å²) in [5.74, 6) is -0.512. The summed E-state index contributed by atoms with van der Waals surface area (Å²) in [6.45, 7) is -3.00. The third-order valence-electron chi connectivity index (χ3n) is 1.96. The second-order valence-electron chi connectivity index (χ2n) is 3.23. The first-order valence-electron chi connectivity index (χ1n) is 4.72. The summed E-state index contributed by atoms with van der Waals surface area (Å²) in [5.41, 5.74) is 0.195. The van der Waals surface area contributed by atoms with E-state index in [2.05, 4.69) is 4.74 Å². The number of carbonyl (C=O) groups excluding carboxylic acids is 1. The summed E-state index contributed by atoms with van der Waals surface area (Å²) in [7, 11) is 1.45. The van der Waals surface area contributed by atoms with Gasteiger partial charge in [0, 0.05) is 12.6 Å². The van der Waals surface area contributed by atoms with Crippen molar-refractivity contribution < 1.29 is 18.3 Å². The Kier molecular flexibility index (Phi) is 4.40. The molecule has 90 valence electrons. The van der Waals surface area contributed by atoms with Gasteiger partial charge in [-0.1, -0.05) is 6.07 Å². The predicted molar refractivity (Wildman–Crippen MR) is 55.6 cm³/mol. The van der Waals surface area contributed by atoms with Gasteiger partial charge in [0.25, 0.3) is 5.91 Å². The van der Waals surface area contributed by atoms with Crippen molar-refractivity contribution in [2.24, 2.45) is 0 Å². The number of hydrogen-bond acceptors (Lipinski definition) is 3. The standard InChI is InChI=1S/C11H10F2N2O2/c1-15(6-5-14)10(16)8-3-2-4-9(7-8)17-11(12)13/h2-4,7,11H,6H2,1H3. The van der Waals surface area contributed by atoms with E-state index >= 15 is 0 Å². The van der Waals surface area contributed by atoms with E-state index in [1.807, 2.05) is 6.07 Å². The molecule has 0 heterocycles. The number of ether oxygens (including phenoxy) is 1. The van der Waals surface area contributed by atoms with Crippen molar-refractivity contribution >= 4 is 5.91 Å². The zero-order valence-corrected chi connectivity index (χ0v) is 9.06. The van der Waals surface area contributed by atoms with Gasteiger partial charge in [-0.15, -0.1) is 0 Å². The fraction of sp³-hybridized carbons (Fsp3) is 0.273. The molecule has 0 aliphatic heterocycles. The van der Waals surface area contributed by atoms with Gasteiger partial charge in [-0.05, 0) is 18.2 Å². The van der Waals surface area contributed by atoms with E-state index in [0.717, 1.165) is 0 Å². The highest BCUT2D eigenvalue weighted by Crippen LogP contribution is 2.16. The van der Waals surface area contributed by atoms with Crippen LogP contribution >= 0.6 is 0 Å². The first-order valence-corrected chi connectivity index (χ1v) is 4.72. The van der Waals surface area contributed by atoms with Crippen LogP contribution < -0.4 is 4.74 Å². The lowest BCUT2D eigenvalue weighted by molar-refractivity contribution is -0.0498. The van der Waals surface area contributed by atoms with Crippen LogP contribution in [0.2, 0.25) is 0 Å². The van der Waals surface area contributed by atoms with E-state index in [-0.39, 0.29) is 17.9 Å². The molecule has 1 rings (SSSR count). The van der Waals surface area contributed by atoms with Crippen molar-refractivity contribution in [3.05, 3.63) is 29.8 Å². The van der Waals surface area contributed by atoms with Crippen LogP contribution in [0.1, 0.15) is 10.4 Å². The molecule has 0 bridgehead atoms. The molecule has 1 amide bonds. The number of amides is 1. The molecule has 4 nitrogen and oxygen atoms in total. The van der Waals surface area contributed by atoms with Crippen LogP contribution in [0.5, 0.6) is 5.75 Å². The van der Waals surface area contributed by atoms with Crippen LogP contribution in [0.25, 0.3) is 0 Å². The zero-order chi connectivity index (χ0) is 12.8. The number of alkyl halides is 2. The van der Waals surface area contributed by atoms with Crippen molar-refractivity contribution in [2.75, 3.05) is 13.6 Å². The highest BCUT2D eigenvalue weighted by atomic mass is 19.3. The summed E-state index contributed by atoms with van der Waals surface area (Å²) in [5, 5.41) is 8.44. The molecule has 6 heteroatoms. The van der Waals surface area contributed by atoms with Crippen LogP contribution in [0.3, 0.4) is 0 Å². The summed E-state index contributed by atoms with van der Waals surface area (Å²) >= 11 is 0. The second kappa shape index (κ2) is 5.80. The smallest absolute Gasteiger partial charge is 0.387 e. The van der Waals surface area contributed by atoms with Crippen molar-refractivity contribution in [1.82, 2.24) is 4.90 Å².